The molecule has 5 nitrogen and oxygen atoms in total. The number of anilines is 1. The molecule has 2 atom stereocenters. The van der Waals surface area contributed by atoms with E-state index in [2.05, 4.69) is 21.2 Å². The Balaban J connectivity index is 1.35. The summed E-state index contributed by atoms with van der Waals surface area (Å²) in [6.07, 6.45) is 0.230. The van der Waals surface area contributed by atoms with Gasteiger partial charge in [-0.25, -0.2) is 0 Å². The highest BCUT2D eigenvalue weighted by Gasteiger charge is 2.37. The van der Waals surface area contributed by atoms with Crippen LogP contribution in [0.4, 0.5) is 5.69 Å². The van der Waals surface area contributed by atoms with Crippen LogP contribution in [-0.2, 0) is 9.59 Å². The first-order valence-electron chi connectivity index (χ1n) is 10.2. The second kappa shape index (κ2) is 9.35. The summed E-state index contributed by atoms with van der Waals surface area (Å²) in [6, 6.07) is 24.6. The number of benzene rings is 3. The van der Waals surface area contributed by atoms with Crippen molar-refractivity contribution >= 4 is 33.4 Å². The molecule has 0 spiro atoms. The van der Waals surface area contributed by atoms with Crippen LogP contribution in [0.1, 0.15) is 24.9 Å². The van der Waals surface area contributed by atoms with Crippen LogP contribution < -0.4 is 10.1 Å². The van der Waals surface area contributed by atoms with Crippen LogP contribution in [0.25, 0.3) is 0 Å². The minimum absolute atomic E-state index is 0.00903. The molecule has 1 aliphatic rings. The normalized spacial score (nSPS) is 16.8. The summed E-state index contributed by atoms with van der Waals surface area (Å²) < 4.78 is 6.79. The molecule has 1 aliphatic heterocycles. The number of nitrogens with one attached hydrogen (secondary N) is 1. The fourth-order valence-corrected chi connectivity index (χ4v) is 3.95. The van der Waals surface area contributed by atoms with E-state index in [1.165, 1.54) is 0 Å². The first kappa shape index (κ1) is 21.1. The summed E-state index contributed by atoms with van der Waals surface area (Å²) in [4.78, 5) is 27.1. The molecule has 2 amide bonds. The van der Waals surface area contributed by atoms with E-state index in [4.69, 9.17) is 4.74 Å². The summed E-state index contributed by atoms with van der Waals surface area (Å²) >= 11 is 3.40. The van der Waals surface area contributed by atoms with E-state index in [-0.39, 0.29) is 30.2 Å². The highest BCUT2D eigenvalue weighted by molar-refractivity contribution is 9.10. The smallest absolute Gasteiger partial charge is 0.229 e. The van der Waals surface area contributed by atoms with Gasteiger partial charge in [0, 0.05) is 23.1 Å². The Kier molecular flexibility index (Phi) is 6.37. The third-order valence-electron chi connectivity index (χ3n) is 5.45. The van der Waals surface area contributed by atoms with E-state index in [0.717, 1.165) is 15.8 Å². The van der Waals surface area contributed by atoms with E-state index in [9.17, 15) is 9.59 Å². The number of ether oxygens (including phenoxy) is 1. The Morgan fingerprint density at radius 3 is 2.26 bits per heavy atom. The molecule has 31 heavy (non-hydrogen) atoms. The molecule has 158 valence electrons. The van der Waals surface area contributed by atoms with Gasteiger partial charge in [0.25, 0.3) is 0 Å². The third-order valence-corrected chi connectivity index (χ3v) is 5.98. The minimum Gasteiger partial charge on any atom is -0.457 e. The number of amides is 2. The molecule has 0 unspecified atom stereocenters. The molecule has 3 aromatic rings. The van der Waals surface area contributed by atoms with Crippen molar-refractivity contribution in [2.75, 3.05) is 11.9 Å². The molecule has 1 saturated heterocycles. The fourth-order valence-electron chi connectivity index (χ4n) is 3.68. The number of likely N-dealkylation sites (tertiary alicyclic amines) is 1. The molecule has 3 aromatic carbocycles. The molecule has 1 heterocycles. The number of halogens is 1. The number of carbonyl (C=O) groups excluding carboxylic acids is 2. The Morgan fingerprint density at radius 2 is 1.61 bits per heavy atom. The van der Waals surface area contributed by atoms with Crippen LogP contribution in [0.2, 0.25) is 0 Å². The zero-order chi connectivity index (χ0) is 21.8. The maximum Gasteiger partial charge on any atom is 0.229 e. The molecule has 0 aromatic heterocycles. The summed E-state index contributed by atoms with van der Waals surface area (Å²) in [5.74, 6) is 0.918. The summed E-state index contributed by atoms with van der Waals surface area (Å²) in [5, 5.41) is 2.92. The number of hydrogen-bond donors (Lipinski definition) is 1. The average Bonchev–Trinajstić information content (AvgIpc) is 3.18. The molecule has 4 rings (SSSR count). The topological polar surface area (TPSA) is 58.6 Å². The average molecular weight is 479 g/mol. The Hall–Kier alpha value is -3.12. The number of hydrogen-bond acceptors (Lipinski definition) is 3. The van der Waals surface area contributed by atoms with Crippen molar-refractivity contribution in [3.8, 4) is 11.5 Å². The molecule has 0 saturated carbocycles. The van der Waals surface area contributed by atoms with Crippen molar-refractivity contribution in [3.63, 3.8) is 0 Å². The van der Waals surface area contributed by atoms with Crippen LogP contribution in [0, 0.1) is 5.92 Å². The summed E-state index contributed by atoms with van der Waals surface area (Å²) in [7, 11) is 0. The standard InChI is InChI=1S/C25H23BrN2O3/c1-17(18-5-3-2-4-6-18)28-16-19(15-24(28)29)25(30)27-21-9-13-23(14-10-21)31-22-11-7-20(26)8-12-22/h2-14,17,19H,15-16H2,1H3,(H,27,30)/t17-,19+/m0/s1. The van der Waals surface area contributed by atoms with Crippen LogP contribution in [-0.4, -0.2) is 23.3 Å². The van der Waals surface area contributed by atoms with Crippen LogP contribution in [0.15, 0.2) is 83.3 Å². The SMILES string of the molecule is C[C@@H](c1ccccc1)N1C[C@H](C(=O)Nc2ccc(Oc3ccc(Br)cc3)cc2)CC1=O. The minimum atomic E-state index is -0.364. The van der Waals surface area contributed by atoms with Crippen molar-refractivity contribution < 1.29 is 14.3 Å². The monoisotopic (exact) mass is 478 g/mol. The lowest BCUT2D eigenvalue weighted by Gasteiger charge is -2.25. The van der Waals surface area contributed by atoms with Crippen molar-refractivity contribution in [1.29, 1.82) is 0 Å². The van der Waals surface area contributed by atoms with Crippen molar-refractivity contribution in [1.82, 2.24) is 4.90 Å². The number of nitrogens with zero attached hydrogens (tertiary/aromatic N) is 1. The van der Waals surface area contributed by atoms with Gasteiger partial charge in [-0.2, -0.15) is 0 Å². The van der Waals surface area contributed by atoms with Crippen molar-refractivity contribution in [2.24, 2.45) is 5.92 Å². The molecular weight excluding hydrogens is 456 g/mol. The van der Waals surface area contributed by atoms with Gasteiger partial charge in [0.2, 0.25) is 11.8 Å². The Labute approximate surface area is 190 Å². The molecule has 6 heteroatoms. The van der Waals surface area contributed by atoms with E-state index < -0.39 is 0 Å². The zero-order valence-electron chi connectivity index (χ0n) is 17.1. The lowest BCUT2D eigenvalue weighted by molar-refractivity contribution is -0.129. The molecule has 0 bridgehead atoms. The van der Waals surface area contributed by atoms with Crippen LogP contribution >= 0.6 is 15.9 Å². The van der Waals surface area contributed by atoms with Gasteiger partial charge in [-0.15, -0.1) is 0 Å². The van der Waals surface area contributed by atoms with Gasteiger partial charge < -0.3 is 15.0 Å². The summed E-state index contributed by atoms with van der Waals surface area (Å²) in [6.45, 7) is 2.42. The van der Waals surface area contributed by atoms with Crippen LogP contribution in [0.5, 0.6) is 11.5 Å². The maximum atomic E-state index is 12.7. The highest BCUT2D eigenvalue weighted by atomic mass is 79.9. The van der Waals surface area contributed by atoms with E-state index in [1.807, 2.05) is 61.5 Å². The predicted octanol–water partition coefficient (Wildman–Crippen LogP) is 5.79. The molecule has 0 radical (unpaired) electrons. The zero-order valence-corrected chi connectivity index (χ0v) is 18.7. The Morgan fingerprint density at radius 1 is 1.00 bits per heavy atom. The Bertz CT molecular complexity index is 1050. The molecule has 1 N–H and O–H groups in total. The summed E-state index contributed by atoms with van der Waals surface area (Å²) in [5.41, 5.74) is 1.74. The second-order valence-electron chi connectivity index (χ2n) is 7.60. The maximum absolute atomic E-state index is 12.7. The first-order chi connectivity index (χ1) is 15.0. The third kappa shape index (κ3) is 5.14. The number of carbonyl (C=O) groups is 2. The molecule has 1 fully saturated rings. The molecule has 0 aliphatic carbocycles. The second-order valence-corrected chi connectivity index (χ2v) is 8.52. The largest absolute Gasteiger partial charge is 0.457 e. The van der Waals surface area contributed by atoms with Crippen molar-refractivity contribution in [3.05, 3.63) is 88.9 Å². The lowest BCUT2D eigenvalue weighted by atomic mass is 10.1. The van der Waals surface area contributed by atoms with Gasteiger partial charge in [0.15, 0.2) is 0 Å². The van der Waals surface area contributed by atoms with Crippen molar-refractivity contribution in [2.45, 2.75) is 19.4 Å². The lowest BCUT2D eigenvalue weighted by Crippen LogP contribution is -2.30. The molecular formula is C25H23BrN2O3. The fraction of sp³-hybridized carbons (Fsp3) is 0.200. The van der Waals surface area contributed by atoms with Gasteiger partial charge in [-0.1, -0.05) is 46.3 Å². The van der Waals surface area contributed by atoms with Gasteiger partial charge >= 0.3 is 0 Å². The van der Waals surface area contributed by atoms with Gasteiger partial charge in [-0.3, -0.25) is 9.59 Å². The number of rotatable bonds is 6. The van der Waals surface area contributed by atoms with E-state index >= 15 is 0 Å². The quantitative estimate of drug-likeness (QED) is 0.487. The first-order valence-corrected chi connectivity index (χ1v) is 11.0. The van der Waals surface area contributed by atoms with Gasteiger partial charge in [-0.05, 0) is 61.0 Å². The van der Waals surface area contributed by atoms with Gasteiger partial charge in [0.1, 0.15) is 11.5 Å². The van der Waals surface area contributed by atoms with E-state index in [1.54, 1.807) is 29.2 Å². The van der Waals surface area contributed by atoms with Gasteiger partial charge in [0.05, 0.1) is 12.0 Å². The van der Waals surface area contributed by atoms with E-state index in [0.29, 0.717) is 18.0 Å². The van der Waals surface area contributed by atoms with Crippen LogP contribution in [0.3, 0.4) is 0 Å². The predicted molar refractivity (Wildman–Crippen MR) is 124 cm³/mol. The highest BCUT2D eigenvalue weighted by Crippen LogP contribution is 2.30.